The van der Waals surface area contributed by atoms with Gasteiger partial charge in [-0.05, 0) is 35.9 Å². The standard InChI is InChI=1S/C17H11BrF3NO2/c18-13-5-2-4-12(10-13)15(23)8-7-11-3-1-6-14(9-11)22-16(24)17(19,20)21/h1-10H,(H,22,24)/b8-7+. The van der Waals surface area contributed by atoms with Crippen LogP contribution in [0.5, 0.6) is 0 Å². The summed E-state index contributed by atoms with van der Waals surface area (Å²) in [5.41, 5.74) is 0.954. The van der Waals surface area contributed by atoms with E-state index in [0.29, 0.717) is 11.1 Å². The van der Waals surface area contributed by atoms with Crippen LogP contribution < -0.4 is 5.32 Å². The number of carbonyl (C=O) groups excluding carboxylic acids is 2. The molecule has 2 aromatic rings. The number of allylic oxidation sites excluding steroid dienone is 1. The lowest BCUT2D eigenvalue weighted by atomic mass is 10.1. The predicted molar refractivity (Wildman–Crippen MR) is 88.6 cm³/mol. The van der Waals surface area contributed by atoms with E-state index < -0.39 is 12.1 Å². The fraction of sp³-hybridized carbons (Fsp3) is 0.0588. The number of anilines is 1. The highest BCUT2D eigenvalue weighted by molar-refractivity contribution is 9.10. The lowest BCUT2D eigenvalue weighted by molar-refractivity contribution is -0.167. The summed E-state index contributed by atoms with van der Waals surface area (Å²) in [5.74, 6) is -2.30. The lowest BCUT2D eigenvalue weighted by Crippen LogP contribution is -2.29. The number of hydrogen-bond donors (Lipinski definition) is 1. The molecule has 0 bridgehead atoms. The minimum absolute atomic E-state index is 0.00520. The fourth-order valence-corrected chi connectivity index (χ4v) is 2.23. The van der Waals surface area contributed by atoms with Gasteiger partial charge in [0.15, 0.2) is 5.78 Å². The first kappa shape index (κ1) is 17.9. The number of halogens is 4. The molecule has 124 valence electrons. The first-order valence-corrected chi connectivity index (χ1v) is 7.51. The Balaban J connectivity index is 2.11. The van der Waals surface area contributed by atoms with Gasteiger partial charge in [0.05, 0.1) is 0 Å². The average molecular weight is 398 g/mol. The van der Waals surface area contributed by atoms with Crippen molar-refractivity contribution in [2.75, 3.05) is 5.32 Å². The van der Waals surface area contributed by atoms with E-state index in [9.17, 15) is 22.8 Å². The van der Waals surface area contributed by atoms with Gasteiger partial charge in [-0.3, -0.25) is 9.59 Å². The number of hydrogen-bond acceptors (Lipinski definition) is 2. The van der Waals surface area contributed by atoms with Crippen molar-refractivity contribution in [1.29, 1.82) is 0 Å². The molecule has 0 heterocycles. The summed E-state index contributed by atoms with van der Waals surface area (Å²) in [7, 11) is 0. The Hall–Kier alpha value is -2.41. The first-order valence-electron chi connectivity index (χ1n) is 6.72. The zero-order valence-corrected chi connectivity index (χ0v) is 13.7. The van der Waals surface area contributed by atoms with E-state index in [1.165, 1.54) is 30.4 Å². The summed E-state index contributed by atoms with van der Waals surface area (Å²) >= 11 is 3.27. The molecule has 1 amide bonds. The van der Waals surface area contributed by atoms with Gasteiger partial charge in [-0.1, -0.05) is 46.3 Å². The van der Waals surface area contributed by atoms with Crippen molar-refractivity contribution in [3.8, 4) is 0 Å². The highest BCUT2D eigenvalue weighted by Crippen LogP contribution is 2.19. The molecule has 0 aliphatic carbocycles. The third-order valence-electron chi connectivity index (χ3n) is 2.94. The highest BCUT2D eigenvalue weighted by atomic mass is 79.9. The Bertz CT molecular complexity index is 800. The second-order valence-corrected chi connectivity index (χ2v) is 5.70. The maximum Gasteiger partial charge on any atom is 0.471 e. The van der Waals surface area contributed by atoms with Crippen LogP contribution in [0.2, 0.25) is 0 Å². The van der Waals surface area contributed by atoms with Crippen molar-refractivity contribution in [3.63, 3.8) is 0 Å². The molecule has 7 heteroatoms. The second kappa shape index (κ2) is 7.44. The van der Waals surface area contributed by atoms with E-state index in [1.807, 2.05) is 0 Å². The molecule has 2 rings (SSSR count). The Morgan fingerprint density at radius 1 is 1.04 bits per heavy atom. The van der Waals surface area contributed by atoms with Gasteiger partial charge >= 0.3 is 12.1 Å². The zero-order chi connectivity index (χ0) is 17.7. The molecule has 0 unspecified atom stereocenters. The van der Waals surface area contributed by atoms with Crippen LogP contribution in [0.1, 0.15) is 15.9 Å². The molecule has 2 aromatic carbocycles. The van der Waals surface area contributed by atoms with Crippen LogP contribution >= 0.6 is 15.9 Å². The molecule has 3 nitrogen and oxygen atoms in total. The largest absolute Gasteiger partial charge is 0.471 e. The molecule has 0 saturated heterocycles. The highest BCUT2D eigenvalue weighted by Gasteiger charge is 2.38. The van der Waals surface area contributed by atoms with Gasteiger partial charge in [-0.15, -0.1) is 0 Å². The van der Waals surface area contributed by atoms with Crippen molar-refractivity contribution in [2.45, 2.75) is 6.18 Å². The molecule has 0 radical (unpaired) electrons. The Labute approximate surface area is 144 Å². The number of ketones is 1. The number of rotatable bonds is 4. The summed E-state index contributed by atoms with van der Waals surface area (Å²) in [6.07, 6.45) is -2.18. The maximum atomic E-state index is 12.2. The molecular weight excluding hydrogens is 387 g/mol. The van der Waals surface area contributed by atoms with Crippen LogP contribution in [0.3, 0.4) is 0 Å². The van der Waals surface area contributed by atoms with Crippen LogP contribution in [0.4, 0.5) is 18.9 Å². The summed E-state index contributed by atoms with van der Waals surface area (Å²) in [5, 5.41) is 1.76. The van der Waals surface area contributed by atoms with Gasteiger partial charge in [-0.2, -0.15) is 13.2 Å². The second-order valence-electron chi connectivity index (χ2n) is 4.79. The van der Waals surface area contributed by atoms with Crippen LogP contribution in [0.15, 0.2) is 59.1 Å². The van der Waals surface area contributed by atoms with Gasteiger partial charge in [-0.25, -0.2) is 0 Å². The topological polar surface area (TPSA) is 46.2 Å². The maximum absolute atomic E-state index is 12.2. The minimum Gasteiger partial charge on any atom is -0.318 e. The number of amides is 1. The number of nitrogens with one attached hydrogen (secondary N) is 1. The monoisotopic (exact) mass is 397 g/mol. The number of alkyl halides is 3. The van der Waals surface area contributed by atoms with E-state index >= 15 is 0 Å². The lowest BCUT2D eigenvalue weighted by Gasteiger charge is -2.08. The van der Waals surface area contributed by atoms with Crippen molar-refractivity contribution in [2.24, 2.45) is 0 Å². The molecule has 0 aliphatic heterocycles. The fourth-order valence-electron chi connectivity index (χ4n) is 1.83. The zero-order valence-electron chi connectivity index (χ0n) is 12.1. The third-order valence-corrected chi connectivity index (χ3v) is 3.43. The van der Waals surface area contributed by atoms with Crippen molar-refractivity contribution < 1.29 is 22.8 Å². The summed E-state index contributed by atoms with van der Waals surface area (Å²) < 4.78 is 37.5. The van der Waals surface area contributed by atoms with Crippen LogP contribution in [0, 0.1) is 0 Å². The summed E-state index contributed by atoms with van der Waals surface area (Å²) in [6, 6.07) is 12.6. The molecule has 0 saturated carbocycles. The minimum atomic E-state index is -4.96. The molecule has 0 spiro atoms. The van der Waals surface area contributed by atoms with E-state index in [1.54, 1.807) is 35.6 Å². The van der Waals surface area contributed by atoms with Gasteiger partial charge in [0.2, 0.25) is 0 Å². The predicted octanol–water partition coefficient (Wildman–Crippen LogP) is 4.85. The number of benzene rings is 2. The Morgan fingerprint density at radius 2 is 1.75 bits per heavy atom. The Morgan fingerprint density at radius 3 is 2.42 bits per heavy atom. The average Bonchev–Trinajstić information content (AvgIpc) is 2.52. The summed E-state index contributed by atoms with van der Waals surface area (Å²) in [6.45, 7) is 0. The van der Waals surface area contributed by atoms with Crippen molar-refractivity contribution in [1.82, 2.24) is 0 Å². The molecule has 1 N–H and O–H groups in total. The molecule has 0 atom stereocenters. The van der Waals surface area contributed by atoms with Gasteiger partial charge < -0.3 is 5.32 Å². The van der Waals surface area contributed by atoms with Gasteiger partial charge in [0, 0.05) is 15.7 Å². The van der Waals surface area contributed by atoms with E-state index in [-0.39, 0.29) is 11.5 Å². The van der Waals surface area contributed by atoms with Gasteiger partial charge in [0.25, 0.3) is 0 Å². The molecule has 24 heavy (non-hydrogen) atoms. The first-order chi connectivity index (χ1) is 11.3. The van der Waals surface area contributed by atoms with Crippen molar-refractivity contribution >= 4 is 39.4 Å². The van der Waals surface area contributed by atoms with Gasteiger partial charge in [0.1, 0.15) is 0 Å². The summed E-state index contributed by atoms with van der Waals surface area (Å²) in [4.78, 5) is 23.0. The van der Waals surface area contributed by atoms with E-state index in [4.69, 9.17) is 0 Å². The quantitative estimate of drug-likeness (QED) is 0.592. The Kier molecular flexibility index (Phi) is 5.56. The van der Waals surface area contributed by atoms with Crippen LogP contribution in [-0.4, -0.2) is 17.9 Å². The van der Waals surface area contributed by atoms with E-state index in [2.05, 4.69) is 15.9 Å². The molecule has 0 aliphatic rings. The third kappa shape index (κ3) is 5.06. The van der Waals surface area contributed by atoms with E-state index in [0.717, 1.165) is 4.47 Å². The van der Waals surface area contributed by atoms with Crippen LogP contribution in [0.25, 0.3) is 6.08 Å². The molecular formula is C17H11BrF3NO2. The molecule has 0 aromatic heterocycles. The number of carbonyl (C=O) groups is 2. The molecule has 0 fully saturated rings. The smallest absolute Gasteiger partial charge is 0.318 e. The SMILES string of the molecule is O=C(/C=C/c1cccc(NC(=O)C(F)(F)F)c1)c1cccc(Br)c1. The normalized spacial score (nSPS) is 11.5. The van der Waals surface area contributed by atoms with Crippen LogP contribution in [-0.2, 0) is 4.79 Å². The van der Waals surface area contributed by atoms with Crippen molar-refractivity contribution in [3.05, 3.63) is 70.2 Å².